The summed E-state index contributed by atoms with van der Waals surface area (Å²) in [5.41, 5.74) is 1.85. The molecule has 0 amide bonds. The number of hydrogen-bond donors (Lipinski definition) is 1. The molecule has 0 atom stereocenters. The molecule has 3 nitrogen and oxygen atoms in total. The quantitative estimate of drug-likeness (QED) is 0.494. The minimum Gasteiger partial charge on any atom is -0.550 e. The number of carboxylic acids is 1. The monoisotopic (exact) mass is 258 g/mol. The van der Waals surface area contributed by atoms with Crippen molar-refractivity contribution in [2.24, 2.45) is 0 Å². The second kappa shape index (κ2) is 9.42. The van der Waals surface area contributed by atoms with Crippen molar-refractivity contribution in [1.82, 2.24) is 0 Å². The number of phenolic OH excluding ortho intramolecular Hbond substituents is 1. The van der Waals surface area contributed by atoms with Crippen molar-refractivity contribution in [2.45, 2.75) is 45.4 Å². The average Bonchev–Trinajstić information content (AvgIpc) is 2.30. The van der Waals surface area contributed by atoms with E-state index in [4.69, 9.17) is 0 Å². The molecular weight excluding hydrogens is 239 g/mol. The molecule has 0 aliphatic carbocycles. The van der Waals surface area contributed by atoms with Gasteiger partial charge in [0.15, 0.2) is 0 Å². The predicted molar refractivity (Wildman–Crippen MR) is 64.7 cm³/mol. The summed E-state index contributed by atoms with van der Waals surface area (Å²) < 4.78 is 0. The summed E-state index contributed by atoms with van der Waals surface area (Å²) in [6.45, 7) is 2.14. The van der Waals surface area contributed by atoms with Crippen molar-refractivity contribution in [3.63, 3.8) is 0 Å². The zero-order valence-corrected chi connectivity index (χ0v) is 13.2. The number of aliphatic carboxylic acids is 1. The molecule has 0 aromatic heterocycles. The third kappa shape index (κ3) is 6.43. The molecule has 18 heavy (non-hydrogen) atoms. The van der Waals surface area contributed by atoms with E-state index >= 15 is 0 Å². The molecule has 0 heterocycles. The second-order valence-corrected chi connectivity index (χ2v) is 4.29. The molecule has 0 aliphatic rings. The number of aromatic hydroxyl groups is 1. The normalized spacial score (nSPS) is 9.83. The zero-order valence-electron chi connectivity index (χ0n) is 11.2. The Morgan fingerprint density at radius 1 is 1.28 bits per heavy atom. The van der Waals surface area contributed by atoms with E-state index in [1.54, 1.807) is 12.1 Å². The molecule has 1 aromatic carbocycles. The van der Waals surface area contributed by atoms with Crippen LogP contribution in [0.2, 0.25) is 0 Å². The Morgan fingerprint density at radius 3 is 2.61 bits per heavy atom. The minimum absolute atomic E-state index is 0. The largest absolute Gasteiger partial charge is 1.00 e. The number of carbonyl (C=O) groups excluding carboxylic acids is 1. The average molecular weight is 258 g/mol. The zero-order chi connectivity index (χ0) is 12.7. The Hall–Kier alpha value is -0.510. The van der Waals surface area contributed by atoms with Crippen LogP contribution in [0, 0.1) is 0 Å². The van der Waals surface area contributed by atoms with E-state index in [2.05, 4.69) is 6.92 Å². The van der Waals surface area contributed by atoms with E-state index < -0.39 is 5.97 Å². The SMILES string of the molecule is CCCCCc1cc(CCC(=O)[O-])ccc1O.[Na+]. The van der Waals surface area contributed by atoms with Gasteiger partial charge >= 0.3 is 29.6 Å². The first kappa shape index (κ1) is 17.5. The summed E-state index contributed by atoms with van der Waals surface area (Å²) in [5.74, 6) is -0.732. The van der Waals surface area contributed by atoms with E-state index in [1.807, 2.05) is 6.07 Å². The van der Waals surface area contributed by atoms with E-state index in [9.17, 15) is 15.0 Å². The fourth-order valence-electron chi connectivity index (χ4n) is 1.81. The molecule has 0 saturated heterocycles. The van der Waals surface area contributed by atoms with Crippen LogP contribution in [0.3, 0.4) is 0 Å². The van der Waals surface area contributed by atoms with E-state index in [1.165, 1.54) is 0 Å². The molecule has 1 N–H and O–H groups in total. The Kier molecular flexibility index (Phi) is 9.16. The van der Waals surface area contributed by atoms with Crippen LogP contribution in [-0.2, 0) is 17.6 Å². The number of benzene rings is 1. The summed E-state index contributed by atoms with van der Waals surface area (Å²) >= 11 is 0. The molecule has 4 heteroatoms. The summed E-state index contributed by atoms with van der Waals surface area (Å²) in [7, 11) is 0. The number of carboxylic acid groups (broad SMARTS) is 1. The first-order valence-corrected chi connectivity index (χ1v) is 6.14. The smallest absolute Gasteiger partial charge is 0.550 e. The van der Waals surface area contributed by atoms with Gasteiger partial charge in [-0.05, 0) is 42.9 Å². The van der Waals surface area contributed by atoms with Crippen LogP contribution in [0.1, 0.15) is 43.7 Å². The van der Waals surface area contributed by atoms with Gasteiger partial charge in [-0.3, -0.25) is 0 Å². The summed E-state index contributed by atoms with van der Waals surface area (Å²) in [6.07, 6.45) is 4.67. The van der Waals surface area contributed by atoms with Gasteiger partial charge in [-0.2, -0.15) is 0 Å². The summed E-state index contributed by atoms with van der Waals surface area (Å²) in [5, 5.41) is 20.1. The molecular formula is C14H19NaO3. The van der Waals surface area contributed by atoms with Crippen molar-refractivity contribution in [3.8, 4) is 5.75 Å². The van der Waals surface area contributed by atoms with E-state index in [0.29, 0.717) is 12.2 Å². The van der Waals surface area contributed by atoms with Gasteiger partial charge in [0, 0.05) is 5.97 Å². The van der Waals surface area contributed by atoms with Gasteiger partial charge in [-0.1, -0.05) is 31.9 Å². The maximum absolute atomic E-state index is 10.4. The van der Waals surface area contributed by atoms with E-state index in [0.717, 1.165) is 36.8 Å². The number of hydrogen-bond acceptors (Lipinski definition) is 3. The fourth-order valence-corrected chi connectivity index (χ4v) is 1.81. The first-order chi connectivity index (χ1) is 8.13. The molecule has 0 spiro atoms. The van der Waals surface area contributed by atoms with Gasteiger partial charge in [0.2, 0.25) is 0 Å². The van der Waals surface area contributed by atoms with Crippen LogP contribution in [0.5, 0.6) is 5.75 Å². The summed E-state index contributed by atoms with van der Waals surface area (Å²) in [4.78, 5) is 10.4. The van der Waals surface area contributed by atoms with Crippen LogP contribution in [0.15, 0.2) is 18.2 Å². The molecule has 1 aromatic rings. The Labute approximate surface area is 131 Å². The standard InChI is InChI=1S/C14H20O3.Na/c1-2-3-4-5-12-10-11(6-8-13(12)15)7-9-14(16)17;/h6,8,10,15H,2-5,7,9H2,1H3,(H,16,17);/q;+1/p-1. The molecule has 94 valence electrons. The molecule has 0 radical (unpaired) electrons. The molecule has 0 saturated carbocycles. The number of phenols is 1. The van der Waals surface area contributed by atoms with Gasteiger partial charge in [0.25, 0.3) is 0 Å². The number of aryl methyl sites for hydroxylation is 2. The topological polar surface area (TPSA) is 60.4 Å². The Bertz CT molecular complexity index is 377. The second-order valence-electron chi connectivity index (χ2n) is 4.29. The Balaban J connectivity index is 0.00000289. The number of carbonyl (C=O) groups is 1. The molecule has 0 aliphatic heterocycles. The molecule has 0 unspecified atom stereocenters. The molecule has 0 bridgehead atoms. The van der Waals surface area contributed by atoms with Gasteiger partial charge < -0.3 is 15.0 Å². The van der Waals surface area contributed by atoms with Gasteiger partial charge in [0.1, 0.15) is 5.75 Å². The van der Waals surface area contributed by atoms with Gasteiger partial charge in [0.05, 0.1) is 0 Å². The molecule has 0 fully saturated rings. The van der Waals surface area contributed by atoms with Crippen LogP contribution in [-0.4, -0.2) is 11.1 Å². The van der Waals surface area contributed by atoms with Gasteiger partial charge in [-0.15, -0.1) is 0 Å². The maximum Gasteiger partial charge on any atom is 1.00 e. The van der Waals surface area contributed by atoms with Crippen LogP contribution >= 0.6 is 0 Å². The third-order valence-corrected chi connectivity index (χ3v) is 2.81. The minimum atomic E-state index is -1.04. The Morgan fingerprint density at radius 2 is 2.00 bits per heavy atom. The van der Waals surface area contributed by atoms with E-state index in [-0.39, 0.29) is 36.0 Å². The van der Waals surface area contributed by atoms with Crippen LogP contribution < -0.4 is 34.7 Å². The fraction of sp³-hybridized carbons (Fsp3) is 0.500. The third-order valence-electron chi connectivity index (χ3n) is 2.81. The van der Waals surface area contributed by atoms with Crippen molar-refractivity contribution >= 4 is 5.97 Å². The van der Waals surface area contributed by atoms with Crippen molar-refractivity contribution < 1.29 is 44.6 Å². The number of rotatable bonds is 7. The summed E-state index contributed by atoms with van der Waals surface area (Å²) in [6, 6.07) is 5.31. The number of unbranched alkanes of at least 4 members (excludes halogenated alkanes) is 2. The van der Waals surface area contributed by atoms with Crippen LogP contribution in [0.4, 0.5) is 0 Å². The predicted octanol–water partition coefficient (Wildman–Crippen LogP) is -1.19. The first-order valence-electron chi connectivity index (χ1n) is 6.14. The van der Waals surface area contributed by atoms with Crippen molar-refractivity contribution in [2.75, 3.05) is 0 Å². The van der Waals surface area contributed by atoms with Crippen molar-refractivity contribution in [3.05, 3.63) is 29.3 Å². The maximum atomic E-state index is 10.4. The van der Waals surface area contributed by atoms with Crippen LogP contribution in [0.25, 0.3) is 0 Å². The van der Waals surface area contributed by atoms with Gasteiger partial charge in [-0.25, -0.2) is 0 Å². The van der Waals surface area contributed by atoms with Crippen molar-refractivity contribution in [1.29, 1.82) is 0 Å². The molecule has 1 rings (SSSR count).